The quantitative estimate of drug-likeness (QED) is 0.827. The van der Waals surface area contributed by atoms with Gasteiger partial charge in [-0.05, 0) is 50.7 Å². The Morgan fingerprint density at radius 2 is 1.76 bits per heavy atom. The topological polar surface area (TPSA) is 68.1 Å². The van der Waals surface area contributed by atoms with Gasteiger partial charge in [0.25, 0.3) is 0 Å². The van der Waals surface area contributed by atoms with E-state index >= 15 is 0 Å². The number of aryl methyl sites for hydroxylation is 2. The Balaban J connectivity index is 2.42. The summed E-state index contributed by atoms with van der Waals surface area (Å²) in [5.74, 6) is 1.31. The molecule has 0 radical (unpaired) electrons. The molecular weight excluding hydrogens is 314 g/mol. The summed E-state index contributed by atoms with van der Waals surface area (Å²) >= 11 is 0. The Hall–Kier alpha value is -2.01. The van der Waals surface area contributed by atoms with Gasteiger partial charge < -0.3 is 9.84 Å². The van der Waals surface area contributed by atoms with Gasteiger partial charge in [0.05, 0.1) is 35.4 Å². The maximum Gasteiger partial charge on any atom is 0.222 e. The molecule has 1 N–H and O–H groups in total. The number of rotatable bonds is 7. The standard InChI is InChI=1S/C20H29N3O2/c1-12(2)17-8-7-16(20(23-17)25-6)19-15(5)21-18(14(4)22-19)11-13(3)9-10-24/h7-8,12-13,24H,9-11H2,1-6H3. The molecule has 5 nitrogen and oxygen atoms in total. The third kappa shape index (κ3) is 4.54. The number of aliphatic hydroxyl groups excluding tert-OH is 1. The van der Waals surface area contributed by atoms with Gasteiger partial charge >= 0.3 is 0 Å². The highest BCUT2D eigenvalue weighted by atomic mass is 16.5. The first-order valence-electron chi connectivity index (χ1n) is 8.87. The van der Waals surface area contributed by atoms with Gasteiger partial charge in [0.2, 0.25) is 5.88 Å². The van der Waals surface area contributed by atoms with Crippen LogP contribution in [0.15, 0.2) is 12.1 Å². The number of nitrogens with zero attached hydrogens (tertiary/aromatic N) is 3. The van der Waals surface area contributed by atoms with Gasteiger partial charge in [-0.2, -0.15) is 0 Å². The van der Waals surface area contributed by atoms with Gasteiger partial charge in [0.1, 0.15) is 0 Å². The molecule has 1 atom stereocenters. The largest absolute Gasteiger partial charge is 0.480 e. The van der Waals surface area contributed by atoms with Gasteiger partial charge in [-0.1, -0.05) is 20.8 Å². The van der Waals surface area contributed by atoms with Crippen LogP contribution in [0.2, 0.25) is 0 Å². The summed E-state index contributed by atoms with van der Waals surface area (Å²) in [4.78, 5) is 14.2. The van der Waals surface area contributed by atoms with Crippen molar-refractivity contribution in [1.29, 1.82) is 0 Å². The van der Waals surface area contributed by atoms with E-state index in [0.717, 1.165) is 46.9 Å². The number of hydrogen-bond acceptors (Lipinski definition) is 5. The van der Waals surface area contributed by atoms with Crippen LogP contribution < -0.4 is 4.74 Å². The molecule has 0 saturated heterocycles. The van der Waals surface area contributed by atoms with Crippen molar-refractivity contribution in [2.45, 2.75) is 53.4 Å². The molecule has 0 amide bonds. The van der Waals surface area contributed by atoms with Crippen LogP contribution in [0, 0.1) is 19.8 Å². The number of aromatic nitrogens is 3. The van der Waals surface area contributed by atoms with Crippen LogP contribution in [0.1, 0.15) is 55.9 Å². The second kappa shape index (κ2) is 8.39. The van der Waals surface area contributed by atoms with Crippen molar-refractivity contribution >= 4 is 0 Å². The van der Waals surface area contributed by atoms with Crippen LogP contribution in [0.3, 0.4) is 0 Å². The lowest BCUT2D eigenvalue weighted by Crippen LogP contribution is -2.09. The Kier molecular flexibility index (Phi) is 6.48. The zero-order valence-corrected chi connectivity index (χ0v) is 16.1. The molecule has 25 heavy (non-hydrogen) atoms. The van der Waals surface area contributed by atoms with Crippen molar-refractivity contribution < 1.29 is 9.84 Å². The summed E-state index contributed by atoms with van der Waals surface area (Å²) in [5, 5.41) is 9.09. The average molecular weight is 343 g/mol. The fourth-order valence-electron chi connectivity index (χ4n) is 2.86. The molecule has 0 aliphatic rings. The smallest absolute Gasteiger partial charge is 0.222 e. The molecule has 0 saturated carbocycles. The number of pyridine rings is 1. The maximum absolute atomic E-state index is 9.09. The van der Waals surface area contributed by atoms with E-state index in [2.05, 4.69) is 25.8 Å². The molecule has 136 valence electrons. The highest BCUT2D eigenvalue weighted by Crippen LogP contribution is 2.31. The first-order valence-corrected chi connectivity index (χ1v) is 8.87. The fourth-order valence-corrected chi connectivity index (χ4v) is 2.86. The number of methoxy groups -OCH3 is 1. The van der Waals surface area contributed by atoms with Crippen molar-refractivity contribution in [2.24, 2.45) is 5.92 Å². The van der Waals surface area contributed by atoms with E-state index in [1.165, 1.54) is 0 Å². The summed E-state index contributed by atoms with van der Waals surface area (Å²) in [7, 11) is 1.64. The molecule has 1 unspecified atom stereocenters. The van der Waals surface area contributed by atoms with Gasteiger partial charge in [-0.25, -0.2) is 9.97 Å². The minimum absolute atomic E-state index is 0.204. The van der Waals surface area contributed by atoms with Crippen LogP contribution in [-0.4, -0.2) is 33.8 Å². The second-order valence-corrected chi connectivity index (χ2v) is 6.96. The Morgan fingerprint density at radius 3 is 2.36 bits per heavy atom. The minimum atomic E-state index is 0.204. The molecule has 0 fully saturated rings. The normalized spacial score (nSPS) is 12.5. The van der Waals surface area contributed by atoms with Gasteiger partial charge in [-0.15, -0.1) is 0 Å². The summed E-state index contributed by atoms with van der Waals surface area (Å²) in [6, 6.07) is 4.04. The van der Waals surface area contributed by atoms with Crippen LogP contribution in [0.25, 0.3) is 11.3 Å². The molecule has 0 spiro atoms. The van der Waals surface area contributed by atoms with Gasteiger partial charge in [0, 0.05) is 12.3 Å². The van der Waals surface area contributed by atoms with E-state index in [9.17, 15) is 0 Å². The Bertz CT molecular complexity index is 729. The van der Waals surface area contributed by atoms with Crippen molar-refractivity contribution in [3.05, 3.63) is 34.9 Å². The molecule has 0 bridgehead atoms. The van der Waals surface area contributed by atoms with E-state index in [1.807, 2.05) is 26.0 Å². The lowest BCUT2D eigenvalue weighted by atomic mass is 10.0. The number of aliphatic hydroxyl groups is 1. The van der Waals surface area contributed by atoms with E-state index in [1.54, 1.807) is 7.11 Å². The summed E-state index contributed by atoms with van der Waals surface area (Å²) in [6.07, 6.45) is 1.60. The zero-order chi connectivity index (χ0) is 18.6. The first-order chi connectivity index (χ1) is 11.9. The molecular formula is C20H29N3O2. The number of ether oxygens (including phenoxy) is 1. The maximum atomic E-state index is 9.09. The summed E-state index contributed by atoms with van der Waals surface area (Å²) < 4.78 is 5.51. The Labute approximate surface area is 150 Å². The highest BCUT2D eigenvalue weighted by molar-refractivity contribution is 5.67. The molecule has 2 rings (SSSR count). The van der Waals surface area contributed by atoms with Crippen molar-refractivity contribution in [3.63, 3.8) is 0 Å². The SMILES string of the molecule is COc1nc(C(C)C)ccc1-c1nc(C)c(CC(C)CCO)nc1C. The molecule has 2 aromatic heterocycles. The molecule has 5 heteroatoms. The molecule has 2 aromatic rings. The predicted octanol–water partition coefficient (Wildman–Crippen LogP) is 3.85. The van der Waals surface area contributed by atoms with Gasteiger partial charge in [0.15, 0.2) is 0 Å². The first kappa shape index (κ1) is 19.3. The van der Waals surface area contributed by atoms with Crippen LogP contribution in [0.5, 0.6) is 5.88 Å². The lowest BCUT2D eigenvalue weighted by molar-refractivity contribution is 0.261. The third-order valence-corrected chi connectivity index (χ3v) is 4.43. The van der Waals surface area contributed by atoms with E-state index in [4.69, 9.17) is 19.8 Å². The van der Waals surface area contributed by atoms with Gasteiger partial charge in [-0.3, -0.25) is 4.98 Å². The molecule has 0 aliphatic carbocycles. The second-order valence-electron chi connectivity index (χ2n) is 6.96. The van der Waals surface area contributed by atoms with Crippen LogP contribution >= 0.6 is 0 Å². The van der Waals surface area contributed by atoms with Crippen molar-refractivity contribution in [2.75, 3.05) is 13.7 Å². The predicted molar refractivity (Wildman–Crippen MR) is 99.9 cm³/mol. The van der Waals surface area contributed by atoms with Crippen molar-refractivity contribution in [1.82, 2.24) is 15.0 Å². The van der Waals surface area contributed by atoms with E-state index in [-0.39, 0.29) is 6.61 Å². The molecule has 2 heterocycles. The van der Waals surface area contributed by atoms with E-state index < -0.39 is 0 Å². The van der Waals surface area contributed by atoms with Crippen molar-refractivity contribution in [3.8, 4) is 17.1 Å². The Morgan fingerprint density at radius 1 is 1.04 bits per heavy atom. The molecule has 0 aromatic carbocycles. The minimum Gasteiger partial charge on any atom is -0.480 e. The van der Waals surface area contributed by atoms with Crippen LogP contribution in [0.4, 0.5) is 0 Å². The lowest BCUT2D eigenvalue weighted by Gasteiger charge is -2.16. The monoisotopic (exact) mass is 343 g/mol. The highest BCUT2D eigenvalue weighted by Gasteiger charge is 2.17. The molecule has 0 aliphatic heterocycles. The summed E-state index contributed by atoms with van der Waals surface area (Å²) in [5.41, 5.74) is 5.46. The average Bonchev–Trinajstić information content (AvgIpc) is 2.57. The van der Waals surface area contributed by atoms with E-state index in [0.29, 0.717) is 17.7 Å². The summed E-state index contributed by atoms with van der Waals surface area (Å²) in [6.45, 7) is 10.5. The van der Waals surface area contributed by atoms with Crippen LogP contribution in [-0.2, 0) is 6.42 Å². The fraction of sp³-hybridized carbons (Fsp3) is 0.550. The zero-order valence-electron chi connectivity index (χ0n) is 16.1. The third-order valence-electron chi connectivity index (χ3n) is 4.43. The number of hydrogen-bond donors (Lipinski definition) is 1.